The molecule has 0 aromatic carbocycles. The molecule has 0 aromatic heterocycles. The van der Waals surface area contributed by atoms with Gasteiger partial charge in [-0.2, -0.15) is 0 Å². The van der Waals surface area contributed by atoms with E-state index < -0.39 is 0 Å². The maximum atomic E-state index is 10.3. The number of rotatable bonds is 5. The second-order valence-electron chi connectivity index (χ2n) is 8.80. The molecule has 20 heavy (non-hydrogen) atoms. The van der Waals surface area contributed by atoms with Crippen LogP contribution < -0.4 is 5.32 Å². The van der Waals surface area contributed by atoms with E-state index in [0.29, 0.717) is 16.9 Å². The van der Waals surface area contributed by atoms with E-state index in [1.165, 1.54) is 44.9 Å². The van der Waals surface area contributed by atoms with Gasteiger partial charge in [-0.3, -0.25) is 0 Å². The Balaban J connectivity index is 1.52. The lowest BCUT2D eigenvalue weighted by Gasteiger charge is -2.43. The third-order valence-corrected chi connectivity index (χ3v) is 6.91. The van der Waals surface area contributed by atoms with Gasteiger partial charge in [-0.25, -0.2) is 0 Å². The van der Waals surface area contributed by atoms with E-state index in [1.54, 1.807) is 0 Å². The summed E-state index contributed by atoms with van der Waals surface area (Å²) in [6, 6.07) is 0.590. The Bertz CT molecular complexity index is 343. The van der Waals surface area contributed by atoms with Gasteiger partial charge in [0, 0.05) is 12.6 Å². The van der Waals surface area contributed by atoms with E-state index in [2.05, 4.69) is 26.1 Å². The van der Waals surface area contributed by atoms with Gasteiger partial charge in [0.15, 0.2) is 0 Å². The molecule has 0 aliphatic heterocycles. The summed E-state index contributed by atoms with van der Waals surface area (Å²) >= 11 is 0. The zero-order chi connectivity index (χ0) is 14.4. The van der Waals surface area contributed by atoms with Crippen LogP contribution in [0.3, 0.4) is 0 Å². The molecule has 0 saturated heterocycles. The van der Waals surface area contributed by atoms with Crippen LogP contribution in [-0.2, 0) is 0 Å². The van der Waals surface area contributed by atoms with Crippen molar-refractivity contribution in [2.45, 2.75) is 84.3 Å². The Labute approximate surface area is 124 Å². The van der Waals surface area contributed by atoms with Gasteiger partial charge in [0.1, 0.15) is 0 Å². The highest BCUT2D eigenvalue weighted by Gasteiger charge is 2.58. The smallest absolute Gasteiger partial charge is 0.0667 e. The van der Waals surface area contributed by atoms with Crippen molar-refractivity contribution in [1.29, 1.82) is 0 Å². The molecular weight excluding hydrogens is 246 g/mol. The van der Waals surface area contributed by atoms with Gasteiger partial charge in [-0.05, 0) is 48.3 Å². The molecule has 3 rings (SSSR count). The second-order valence-corrected chi connectivity index (χ2v) is 8.80. The minimum Gasteiger partial charge on any atom is -0.392 e. The molecule has 4 atom stereocenters. The molecule has 0 amide bonds. The van der Waals surface area contributed by atoms with Crippen molar-refractivity contribution in [3.05, 3.63) is 0 Å². The van der Waals surface area contributed by atoms with Crippen LogP contribution in [0.1, 0.15) is 72.1 Å². The van der Waals surface area contributed by atoms with Crippen LogP contribution in [0.5, 0.6) is 0 Å². The van der Waals surface area contributed by atoms with Gasteiger partial charge in [-0.15, -0.1) is 0 Å². The van der Waals surface area contributed by atoms with Gasteiger partial charge in [0.05, 0.1) is 6.10 Å². The van der Waals surface area contributed by atoms with Crippen molar-refractivity contribution in [2.24, 2.45) is 22.7 Å². The highest BCUT2D eigenvalue weighted by molar-refractivity contribution is 5.12. The van der Waals surface area contributed by atoms with Gasteiger partial charge in [0.2, 0.25) is 0 Å². The van der Waals surface area contributed by atoms with Gasteiger partial charge >= 0.3 is 0 Å². The standard InChI is InChI=1S/C18H33NO/c1-17(2)14-8-9-18(3,11-14)16(17)19-12-15(20)10-13-6-4-5-7-13/h13-16,19-20H,4-12H2,1-3H3. The monoisotopic (exact) mass is 279 g/mol. The van der Waals surface area contributed by atoms with Crippen LogP contribution in [0, 0.1) is 22.7 Å². The molecule has 4 unspecified atom stereocenters. The molecule has 3 saturated carbocycles. The molecular formula is C18H33NO. The first kappa shape index (κ1) is 14.8. The highest BCUT2D eigenvalue weighted by Crippen LogP contribution is 2.62. The maximum Gasteiger partial charge on any atom is 0.0667 e. The van der Waals surface area contributed by atoms with Crippen LogP contribution in [0.4, 0.5) is 0 Å². The van der Waals surface area contributed by atoms with E-state index in [1.807, 2.05) is 0 Å². The lowest BCUT2D eigenvalue weighted by atomic mass is 9.68. The predicted octanol–water partition coefficient (Wildman–Crippen LogP) is 3.73. The molecule has 2 heteroatoms. The number of hydrogen-bond acceptors (Lipinski definition) is 2. The summed E-state index contributed by atoms with van der Waals surface area (Å²) in [7, 11) is 0. The van der Waals surface area contributed by atoms with Crippen molar-refractivity contribution in [1.82, 2.24) is 5.32 Å². The minimum atomic E-state index is -0.142. The van der Waals surface area contributed by atoms with E-state index in [0.717, 1.165) is 24.8 Å². The molecule has 3 aliphatic carbocycles. The predicted molar refractivity (Wildman–Crippen MR) is 83.6 cm³/mol. The van der Waals surface area contributed by atoms with Crippen molar-refractivity contribution < 1.29 is 5.11 Å². The van der Waals surface area contributed by atoms with Crippen LogP contribution in [0.15, 0.2) is 0 Å². The summed E-state index contributed by atoms with van der Waals surface area (Å²) < 4.78 is 0. The average Bonchev–Trinajstić information content (AvgIpc) is 3.02. The van der Waals surface area contributed by atoms with E-state index >= 15 is 0 Å². The third kappa shape index (κ3) is 2.54. The topological polar surface area (TPSA) is 32.3 Å². The first-order valence-corrected chi connectivity index (χ1v) is 8.83. The highest BCUT2D eigenvalue weighted by atomic mass is 16.3. The fourth-order valence-corrected chi connectivity index (χ4v) is 5.78. The van der Waals surface area contributed by atoms with Crippen molar-refractivity contribution in [3.63, 3.8) is 0 Å². The molecule has 3 aliphatic rings. The van der Waals surface area contributed by atoms with Gasteiger partial charge < -0.3 is 10.4 Å². The van der Waals surface area contributed by atoms with Crippen LogP contribution in [-0.4, -0.2) is 23.8 Å². The Morgan fingerprint density at radius 3 is 2.45 bits per heavy atom. The van der Waals surface area contributed by atoms with Gasteiger partial charge in [-0.1, -0.05) is 46.5 Å². The molecule has 0 aromatic rings. The van der Waals surface area contributed by atoms with Crippen molar-refractivity contribution in [2.75, 3.05) is 6.54 Å². The molecule has 0 spiro atoms. The number of fused-ring (bicyclic) bond motifs is 2. The Morgan fingerprint density at radius 1 is 1.15 bits per heavy atom. The first-order valence-electron chi connectivity index (χ1n) is 8.83. The quantitative estimate of drug-likeness (QED) is 0.803. The molecule has 116 valence electrons. The number of hydrogen-bond donors (Lipinski definition) is 2. The SMILES string of the molecule is CC12CCC(C1)C(C)(C)C2NCC(O)CC1CCCC1. The lowest BCUT2D eigenvalue weighted by molar-refractivity contribution is 0.0804. The first-order chi connectivity index (χ1) is 9.42. The fourth-order valence-electron chi connectivity index (χ4n) is 5.78. The molecule has 2 nitrogen and oxygen atoms in total. The molecule has 3 fully saturated rings. The molecule has 2 N–H and O–H groups in total. The number of aliphatic hydroxyl groups is 1. The molecule has 0 radical (unpaired) electrons. The van der Waals surface area contributed by atoms with Crippen molar-refractivity contribution >= 4 is 0 Å². The molecule has 2 bridgehead atoms. The number of nitrogens with one attached hydrogen (secondary N) is 1. The van der Waals surface area contributed by atoms with Crippen LogP contribution in [0.25, 0.3) is 0 Å². The minimum absolute atomic E-state index is 0.142. The lowest BCUT2D eigenvalue weighted by Crippen LogP contribution is -2.52. The summed E-state index contributed by atoms with van der Waals surface area (Å²) in [5, 5.41) is 14.1. The summed E-state index contributed by atoms with van der Waals surface area (Å²) in [6.07, 6.45) is 10.5. The fraction of sp³-hybridized carbons (Fsp3) is 1.00. The third-order valence-electron chi connectivity index (χ3n) is 6.91. The van der Waals surface area contributed by atoms with E-state index in [9.17, 15) is 5.11 Å². The zero-order valence-corrected chi connectivity index (χ0v) is 13.6. The second kappa shape index (κ2) is 5.28. The molecule has 0 heterocycles. The summed E-state index contributed by atoms with van der Waals surface area (Å²) in [5.74, 6) is 1.67. The zero-order valence-electron chi connectivity index (χ0n) is 13.6. The Hall–Kier alpha value is -0.0800. The summed E-state index contributed by atoms with van der Waals surface area (Å²) in [5.41, 5.74) is 0.876. The summed E-state index contributed by atoms with van der Waals surface area (Å²) in [6.45, 7) is 8.13. The average molecular weight is 279 g/mol. The van der Waals surface area contributed by atoms with Gasteiger partial charge in [0.25, 0.3) is 0 Å². The van der Waals surface area contributed by atoms with E-state index in [-0.39, 0.29) is 6.10 Å². The normalized spacial score (nSPS) is 41.4. The number of aliphatic hydroxyl groups excluding tert-OH is 1. The van der Waals surface area contributed by atoms with Crippen LogP contribution >= 0.6 is 0 Å². The van der Waals surface area contributed by atoms with Crippen LogP contribution in [0.2, 0.25) is 0 Å². The largest absolute Gasteiger partial charge is 0.392 e. The maximum absolute atomic E-state index is 10.3. The Morgan fingerprint density at radius 2 is 1.85 bits per heavy atom. The van der Waals surface area contributed by atoms with E-state index in [4.69, 9.17) is 0 Å². The Kier molecular flexibility index (Phi) is 3.92. The summed E-state index contributed by atoms with van der Waals surface area (Å²) in [4.78, 5) is 0. The van der Waals surface area contributed by atoms with Crippen molar-refractivity contribution in [3.8, 4) is 0 Å².